The zero-order valence-corrected chi connectivity index (χ0v) is 16.5. The zero-order valence-electron chi connectivity index (χ0n) is 15.6. The van der Waals surface area contributed by atoms with Gasteiger partial charge in [-0.3, -0.25) is 9.48 Å². The molecule has 0 radical (unpaired) electrons. The van der Waals surface area contributed by atoms with Gasteiger partial charge in [0.25, 0.3) is 5.91 Å². The highest BCUT2D eigenvalue weighted by atomic mass is 32.1. The smallest absolute Gasteiger partial charge is 0.300 e. The first-order chi connectivity index (χ1) is 13.0. The van der Waals surface area contributed by atoms with Crippen molar-refractivity contribution in [1.82, 2.24) is 14.3 Å². The minimum Gasteiger partial charge on any atom is -0.493 e. The molecule has 3 rings (SSSR count). The Balaban J connectivity index is 2.17. The molecule has 8 heteroatoms. The van der Waals surface area contributed by atoms with E-state index in [0.29, 0.717) is 28.5 Å². The molecule has 0 atom stereocenters. The predicted octanol–water partition coefficient (Wildman–Crippen LogP) is 2.62. The van der Waals surface area contributed by atoms with E-state index in [4.69, 9.17) is 15.9 Å². The number of hydrogen-bond acceptors (Lipinski definition) is 5. The predicted molar refractivity (Wildman–Crippen MR) is 104 cm³/mol. The molecule has 27 heavy (non-hydrogen) atoms. The Bertz CT molecular complexity index is 1110. The van der Waals surface area contributed by atoms with Gasteiger partial charge in [-0.2, -0.15) is 10.1 Å². The molecule has 0 fully saturated rings. The first kappa shape index (κ1) is 18.7. The molecule has 0 spiro atoms. The first-order valence-corrected chi connectivity index (χ1v) is 9.16. The van der Waals surface area contributed by atoms with Crippen LogP contribution in [0.5, 0.6) is 11.5 Å². The second kappa shape index (κ2) is 7.68. The summed E-state index contributed by atoms with van der Waals surface area (Å²) in [6.45, 7) is 4.85. The molecule has 2 heterocycles. The van der Waals surface area contributed by atoms with Gasteiger partial charge in [0, 0.05) is 24.4 Å². The van der Waals surface area contributed by atoms with Gasteiger partial charge in [0.1, 0.15) is 0 Å². The molecule has 0 bridgehead atoms. The summed E-state index contributed by atoms with van der Waals surface area (Å²) < 4.78 is 15.2. The van der Waals surface area contributed by atoms with Crippen molar-refractivity contribution >= 4 is 27.5 Å². The molecule has 140 valence electrons. The number of methoxy groups -OCH3 is 2. The molecule has 0 aliphatic carbocycles. The van der Waals surface area contributed by atoms with Gasteiger partial charge in [-0.1, -0.05) is 17.3 Å². The fraction of sp³-hybridized carbons (Fsp3) is 0.316. The van der Waals surface area contributed by atoms with Crippen molar-refractivity contribution in [3.63, 3.8) is 0 Å². The van der Waals surface area contributed by atoms with E-state index in [1.165, 1.54) is 11.3 Å². The summed E-state index contributed by atoms with van der Waals surface area (Å²) in [5, 5.41) is 4.30. The topological polar surface area (TPSA) is 70.6 Å². The molecule has 7 nitrogen and oxygen atoms in total. The molecule has 0 unspecified atom stereocenters. The Morgan fingerprint density at radius 2 is 2.00 bits per heavy atom. The number of benzene rings is 1. The molecule has 3 aromatic rings. The average molecular weight is 384 g/mol. The van der Waals surface area contributed by atoms with Gasteiger partial charge >= 0.3 is 0 Å². The van der Waals surface area contributed by atoms with Crippen LogP contribution >= 0.6 is 11.3 Å². The number of hydrogen-bond donors (Lipinski definition) is 0. The fourth-order valence-electron chi connectivity index (χ4n) is 2.80. The van der Waals surface area contributed by atoms with Gasteiger partial charge in [-0.05, 0) is 19.9 Å². The molecule has 0 saturated heterocycles. The lowest BCUT2D eigenvalue weighted by atomic mass is 10.3. The number of rotatable bonds is 5. The number of nitrogens with zero attached hydrogens (tertiary/aromatic N) is 4. The number of carbonyl (C=O) groups is 1. The number of aryl methyl sites for hydroxylation is 2. The number of fused-ring (bicyclic) bond motifs is 1. The maximum atomic E-state index is 12.6. The monoisotopic (exact) mass is 384 g/mol. The molecule has 1 aromatic carbocycles. The van der Waals surface area contributed by atoms with Gasteiger partial charge in [-0.15, -0.1) is 6.42 Å². The molecule has 0 saturated carbocycles. The van der Waals surface area contributed by atoms with Gasteiger partial charge in [0.15, 0.2) is 22.0 Å². The van der Waals surface area contributed by atoms with Crippen molar-refractivity contribution in [2.24, 2.45) is 4.99 Å². The fourth-order valence-corrected chi connectivity index (χ4v) is 3.84. The van der Waals surface area contributed by atoms with E-state index in [2.05, 4.69) is 16.0 Å². The molecular formula is C19H20N4O3S. The van der Waals surface area contributed by atoms with E-state index in [0.717, 1.165) is 15.9 Å². The highest BCUT2D eigenvalue weighted by Crippen LogP contribution is 2.33. The summed E-state index contributed by atoms with van der Waals surface area (Å²) in [4.78, 5) is 17.4. The van der Waals surface area contributed by atoms with Crippen LogP contribution in [-0.4, -0.2) is 34.5 Å². The van der Waals surface area contributed by atoms with Gasteiger partial charge in [0.05, 0.1) is 31.0 Å². The van der Waals surface area contributed by atoms with Crippen molar-refractivity contribution in [1.29, 1.82) is 0 Å². The van der Waals surface area contributed by atoms with Crippen LogP contribution in [0.3, 0.4) is 0 Å². The molecular weight excluding hydrogens is 364 g/mol. The molecule has 0 aliphatic rings. The average Bonchev–Trinajstić information content (AvgIpc) is 3.21. The minimum atomic E-state index is -0.401. The summed E-state index contributed by atoms with van der Waals surface area (Å²) >= 11 is 1.36. The van der Waals surface area contributed by atoms with Crippen LogP contribution in [0.25, 0.3) is 10.2 Å². The van der Waals surface area contributed by atoms with Gasteiger partial charge < -0.3 is 14.0 Å². The molecule has 1 amide bonds. The molecule has 0 aliphatic heterocycles. The summed E-state index contributed by atoms with van der Waals surface area (Å²) in [7, 11) is 3.15. The van der Waals surface area contributed by atoms with Crippen LogP contribution in [0.15, 0.2) is 23.2 Å². The summed E-state index contributed by atoms with van der Waals surface area (Å²) in [6, 6.07) is 5.42. The Morgan fingerprint density at radius 3 is 2.59 bits per heavy atom. The second-order valence-electron chi connectivity index (χ2n) is 5.75. The van der Waals surface area contributed by atoms with Crippen molar-refractivity contribution in [3.05, 3.63) is 34.4 Å². The van der Waals surface area contributed by atoms with Crippen molar-refractivity contribution in [2.75, 3.05) is 14.2 Å². The number of amides is 1. The van der Waals surface area contributed by atoms with Crippen molar-refractivity contribution < 1.29 is 14.3 Å². The summed E-state index contributed by atoms with van der Waals surface area (Å²) in [5.41, 5.74) is 2.06. The van der Waals surface area contributed by atoms with Crippen LogP contribution in [0.1, 0.15) is 23.1 Å². The van der Waals surface area contributed by atoms with Crippen molar-refractivity contribution in [3.8, 4) is 23.8 Å². The van der Waals surface area contributed by atoms with Crippen LogP contribution in [0, 0.1) is 19.3 Å². The number of aromatic nitrogens is 3. The number of ether oxygens (including phenoxy) is 2. The lowest BCUT2D eigenvalue weighted by molar-refractivity contribution is 0.0992. The van der Waals surface area contributed by atoms with E-state index < -0.39 is 5.91 Å². The lowest BCUT2D eigenvalue weighted by Gasteiger charge is -2.08. The largest absolute Gasteiger partial charge is 0.493 e. The van der Waals surface area contributed by atoms with E-state index >= 15 is 0 Å². The molecule has 2 aromatic heterocycles. The number of terminal acetylenes is 1. The summed E-state index contributed by atoms with van der Waals surface area (Å²) in [5.74, 6) is 3.40. The Labute approximate surface area is 160 Å². The zero-order chi connectivity index (χ0) is 19.6. The van der Waals surface area contributed by atoms with Gasteiger partial charge in [-0.25, -0.2) is 0 Å². The third-order valence-electron chi connectivity index (χ3n) is 4.13. The SMILES string of the molecule is C#CCn1c(=NC(=O)c2cc(C)n(CC)n2)sc2cc(OC)c(OC)cc21. The van der Waals surface area contributed by atoms with Crippen LogP contribution in [0.2, 0.25) is 0 Å². The highest BCUT2D eigenvalue weighted by molar-refractivity contribution is 7.16. The first-order valence-electron chi connectivity index (χ1n) is 8.34. The summed E-state index contributed by atoms with van der Waals surface area (Å²) in [6.07, 6.45) is 5.52. The Morgan fingerprint density at radius 1 is 1.30 bits per heavy atom. The quantitative estimate of drug-likeness (QED) is 0.634. The van der Waals surface area contributed by atoms with E-state index in [9.17, 15) is 4.79 Å². The third-order valence-corrected chi connectivity index (χ3v) is 5.18. The number of thiazole rings is 1. The van der Waals surface area contributed by atoms with Crippen LogP contribution in [-0.2, 0) is 13.1 Å². The van der Waals surface area contributed by atoms with E-state index in [1.807, 2.05) is 30.5 Å². The minimum absolute atomic E-state index is 0.282. The maximum absolute atomic E-state index is 12.6. The van der Waals surface area contributed by atoms with Gasteiger partial charge in [0.2, 0.25) is 0 Å². The lowest BCUT2D eigenvalue weighted by Crippen LogP contribution is -2.16. The Kier molecular flexibility index (Phi) is 5.33. The standard InChI is InChI=1S/C19H20N4O3S/c1-6-8-22-14-10-15(25-4)16(26-5)11-17(14)27-19(22)20-18(24)13-9-12(3)23(7-2)21-13/h1,9-11H,7-8H2,2-5H3. The van der Waals surface area contributed by atoms with E-state index in [-0.39, 0.29) is 6.54 Å². The van der Waals surface area contributed by atoms with Crippen LogP contribution in [0.4, 0.5) is 0 Å². The number of carbonyl (C=O) groups excluding carboxylic acids is 1. The Hall–Kier alpha value is -3.05. The molecule has 0 N–H and O–H groups in total. The highest BCUT2D eigenvalue weighted by Gasteiger charge is 2.15. The normalized spacial score (nSPS) is 11.6. The third kappa shape index (κ3) is 3.46. The second-order valence-corrected chi connectivity index (χ2v) is 6.76. The van der Waals surface area contributed by atoms with Crippen molar-refractivity contribution in [2.45, 2.75) is 26.9 Å². The van der Waals surface area contributed by atoms with Crippen LogP contribution < -0.4 is 14.3 Å². The van der Waals surface area contributed by atoms with E-state index in [1.54, 1.807) is 25.0 Å². The maximum Gasteiger partial charge on any atom is 0.300 e.